The molecule has 1 N–H and O–H groups in total. The molecular weight excluding hydrogens is 268 g/mol. The van der Waals surface area contributed by atoms with E-state index in [1.807, 2.05) is 26.8 Å². The van der Waals surface area contributed by atoms with E-state index in [1.54, 1.807) is 14.0 Å². The molecule has 2 aromatic rings. The van der Waals surface area contributed by atoms with Gasteiger partial charge >= 0.3 is 0 Å². The van der Waals surface area contributed by atoms with Gasteiger partial charge in [-0.1, -0.05) is 18.2 Å². The molecule has 0 heterocycles. The summed E-state index contributed by atoms with van der Waals surface area (Å²) in [6, 6.07) is 6.36. The number of nitrogens with one attached hydrogen (secondary N) is 1. The van der Waals surface area contributed by atoms with Crippen molar-refractivity contribution in [3.63, 3.8) is 0 Å². The predicted octanol–water partition coefficient (Wildman–Crippen LogP) is 4.51. The quantitative estimate of drug-likeness (QED) is 0.876. The summed E-state index contributed by atoms with van der Waals surface area (Å²) >= 11 is 0. The molecule has 0 aliphatic rings. The lowest BCUT2D eigenvalue weighted by Gasteiger charge is -2.22. The summed E-state index contributed by atoms with van der Waals surface area (Å²) in [4.78, 5) is 0. The van der Waals surface area contributed by atoms with Gasteiger partial charge in [0.25, 0.3) is 0 Å². The maximum Gasteiger partial charge on any atom is 0.134 e. The molecule has 0 aliphatic heterocycles. The molecule has 0 radical (unpaired) electrons. The highest BCUT2D eigenvalue weighted by molar-refractivity contribution is 5.44. The van der Waals surface area contributed by atoms with Crippen molar-refractivity contribution in [2.75, 3.05) is 7.05 Å². The zero-order valence-electron chi connectivity index (χ0n) is 13.1. The Bertz CT molecular complexity index is 677. The number of aryl methyl sites for hydroxylation is 4. The molecule has 3 heteroatoms. The third-order valence-corrected chi connectivity index (χ3v) is 4.09. The summed E-state index contributed by atoms with van der Waals surface area (Å²) in [6.07, 6.45) is 0. The molecule has 0 spiro atoms. The van der Waals surface area contributed by atoms with Crippen molar-refractivity contribution in [2.45, 2.75) is 33.7 Å². The van der Waals surface area contributed by atoms with Crippen LogP contribution in [0, 0.1) is 39.3 Å². The van der Waals surface area contributed by atoms with Gasteiger partial charge in [-0.2, -0.15) is 0 Å². The normalized spacial score (nSPS) is 12.5. The fourth-order valence-electron chi connectivity index (χ4n) is 2.69. The van der Waals surface area contributed by atoms with Crippen LogP contribution in [0.15, 0.2) is 24.3 Å². The van der Waals surface area contributed by atoms with Crippen molar-refractivity contribution >= 4 is 0 Å². The summed E-state index contributed by atoms with van der Waals surface area (Å²) in [5, 5.41) is 3.05. The average molecular weight is 289 g/mol. The Labute approximate surface area is 125 Å². The fourth-order valence-corrected chi connectivity index (χ4v) is 2.69. The topological polar surface area (TPSA) is 12.0 Å². The van der Waals surface area contributed by atoms with Crippen molar-refractivity contribution in [1.29, 1.82) is 0 Å². The maximum absolute atomic E-state index is 14.4. The first-order valence-electron chi connectivity index (χ1n) is 7.06. The Morgan fingerprint density at radius 3 is 2.10 bits per heavy atom. The molecule has 0 aromatic heterocycles. The van der Waals surface area contributed by atoms with Crippen molar-refractivity contribution < 1.29 is 8.78 Å². The van der Waals surface area contributed by atoms with Gasteiger partial charge in [-0.25, -0.2) is 8.78 Å². The van der Waals surface area contributed by atoms with E-state index in [0.717, 1.165) is 16.7 Å². The van der Waals surface area contributed by atoms with Gasteiger partial charge in [0.2, 0.25) is 0 Å². The molecule has 21 heavy (non-hydrogen) atoms. The Balaban J connectivity index is 2.66. The number of benzene rings is 2. The van der Waals surface area contributed by atoms with Crippen LogP contribution < -0.4 is 5.32 Å². The van der Waals surface area contributed by atoms with Crippen LogP contribution >= 0.6 is 0 Å². The van der Waals surface area contributed by atoms with Crippen LogP contribution in [-0.4, -0.2) is 7.05 Å². The number of halogens is 2. The molecule has 0 aliphatic carbocycles. The minimum absolute atomic E-state index is 0.0869. The second-order valence-corrected chi connectivity index (χ2v) is 5.61. The molecule has 2 rings (SSSR count). The standard InChI is InChI=1S/C18H21F2N/c1-10-6-7-15(19)16(17(10)20)18(21-5)14-9-12(3)11(2)8-13(14)4/h6-9,18,21H,1-5H3. The van der Waals surface area contributed by atoms with Crippen molar-refractivity contribution in [3.05, 3.63) is 69.3 Å². The minimum Gasteiger partial charge on any atom is -0.309 e. The predicted molar refractivity (Wildman–Crippen MR) is 82.7 cm³/mol. The van der Waals surface area contributed by atoms with Gasteiger partial charge in [0, 0.05) is 5.56 Å². The molecular formula is C18H21F2N. The van der Waals surface area contributed by atoms with Gasteiger partial charge in [-0.15, -0.1) is 0 Å². The Morgan fingerprint density at radius 1 is 0.857 bits per heavy atom. The SMILES string of the molecule is CNC(c1cc(C)c(C)cc1C)c1c(F)ccc(C)c1F. The molecule has 0 fully saturated rings. The van der Waals surface area contributed by atoms with Crippen LogP contribution in [0.1, 0.15) is 39.4 Å². The highest BCUT2D eigenvalue weighted by atomic mass is 19.1. The van der Waals surface area contributed by atoms with Crippen molar-refractivity contribution in [2.24, 2.45) is 0 Å². The smallest absolute Gasteiger partial charge is 0.134 e. The second kappa shape index (κ2) is 5.94. The van der Waals surface area contributed by atoms with Gasteiger partial charge in [0.05, 0.1) is 6.04 Å². The zero-order chi connectivity index (χ0) is 15.7. The second-order valence-electron chi connectivity index (χ2n) is 5.61. The largest absolute Gasteiger partial charge is 0.309 e. The number of hydrogen-bond donors (Lipinski definition) is 1. The van der Waals surface area contributed by atoms with Crippen LogP contribution in [0.5, 0.6) is 0 Å². The molecule has 1 unspecified atom stereocenters. The molecule has 0 amide bonds. The Morgan fingerprint density at radius 2 is 1.48 bits per heavy atom. The van der Waals surface area contributed by atoms with E-state index in [-0.39, 0.29) is 5.56 Å². The van der Waals surface area contributed by atoms with Crippen molar-refractivity contribution in [1.82, 2.24) is 5.32 Å². The summed E-state index contributed by atoms with van der Waals surface area (Å²) in [5.74, 6) is -0.998. The first kappa shape index (κ1) is 15.6. The molecule has 0 bridgehead atoms. The van der Waals surface area contributed by atoms with Crippen LogP contribution in [0.2, 0.25) is 0 Å². The molecule has 0 saturated carbocycles. The Hall–Kier alpha value is -1.74. The van der Waals surface area contributed by atoms with E-state index in [2.05, 4.69) is 11.4 Å². The Kier molecular flexibility index (Phi) is 4.43. The molecule has 2 aromatic carbocycles. The maximum atomic E-state index is 14.4. The van der Waals surface area contributed by atoms with Gasteiger partial charge < -0.3 is 5.32 Å². The lowest BCUT2D eigenvalue weighted by molar-refractivity contribution is 0.517. The van der Waals surface area contributed by atoms with E-state index in [1.165, 1.54) is 17.7 Å². The van der Waals surface area contributed by atoms with E-state index in [4.69, 9.17) is 0 Å². The van der Waals surface area contributed by atoms with E-state index in [0.29, 0.717) is 5.56 Å². The molecule has 1 atom stereocenters. The monoisotopic (exact) mass is 289 g/mol. The van der Waals surface area contributed by atoms with Crippen LogP contribution in [0.3, 0.4) is 0 Å². The average Bonchev–Trinajstić information content (AvgIpc) is 2.44. The summed E-state index contributed by atoms with van der Waals surface area (Å²) in [5.41, 5.74) is 4.76. The van der Waals surface area contributed by atoms with Gasteiger partial charge in [0.15, 0.2) is 0 Å². The summed E-state index contributed by atoms with van der Waals surface area (Å²) < 4.78 is 28.6. The van der Waals surface area contributed by atoms with Crippen LogP contribution in [0.25, 0.3) is 0 Å². The summed E-state index contributed by atoms with van der Waals surface area (Å²) in [6.45, 7) is 7.66. The third-order valence-electron chi connectivity index (χ3n) is 4.09. The van der Waals surface area contributed by atoms with E-state index in [9.17, 15) is 8.78 Å². The van der Waals surface area contributed by atoms with E-state index >= 15 is 0 Å². The first-order chi connectivity index (χ1) is 9.86. The van der Waals surface area contributed by atoms with Crippen LogP contribution in [-0.2, 0) is 0 Å². The van der Waals surface area contributed by atoms with Gasteiger partial charge in [-0.3, -0.25) is 0 Å². The number of hydrogen-bond acceptors (Lipinski definition) is 1. The fraction of sp³-hybridized carbons (Fsp3) is 0.333. The lowest BCUT2D eigenvalue weighted by atomic mass is 9.90. The van der Waals surface area contributed by atoms with Crippen LogP contribution in [0.4, 0.5) is 8.78 Å². The van der Waals surface area contributed by atoms with E-state index < -0.39 is 17.7 Å². The van der Waals surface area contributed by atoms with Gasteiger partial charge in [0.1, 0.15) is 11.6 Å². The minimum atomic E-state index is -0.518. The molecule has 112 valence electrons. The number of rotatable bonds is 3. The zero-order valence-corrected chi connectivity index (χ0v) is 13.1. The van der Waals surface area contributed by atoms with Crippen molar-refractivity contribution in [3.8, 4) is 0 Å². The first-order valence-corrected chi connectivity index (χ1v) is 7.06. The highest BCUT2D eigenvalue weighted by Crippen LogP contribution is 2.31. The van der Waals surface area contributed by atoms with Gasteiger partial charge in [-0.05, 0) is 68.6 Å². The lowest BCUT2D eigenvalue weighted by Crippen LogP contribution is -2.22. The third kappa shape index (κ3) is 2.84. The summed E-state index contributed by atoms with van der Waals surface area (Å²) in [7, 11) is 1.72. The molecule has 1 nitrogen and oxygen atoms in total. The molecule has 0 saturated heterocycles. The highest BCUT2D eigenvalue weighted by Gasteiger charge is 2.23.